The van der Waals surface area contributed by atoms with Gasteiger partial charge in [-0.25, -0.2) is 4.68 Å². The molecule has 0 saturated carbocycles. The van der Waals surface area contributed by atoms with Crippen LogP contribution in [0.15, 0.2) is 36.5 Å². The lowest BCUT2D eigenvalue weighted by atomic mass is 9.95. The van der Waals surface area contributed by atoms with Gasteiger partial charge in [0.05, 0.1) is 18.9 Å². The van der Waals surface area contributed by atoms with Crippen molar-refractivity contribution in [1.82, 2.24) is 14.7 Å². The third-order valence-corrected chi connectivity index (χ3v) is 5.12. The summed E-state index contributed by atoms with van der Waals surface area (Å²) < 4.78 is 50.3. The minimum Gasteiger partial charge on any atom is -0.350 e. The molecule has 9 heteroatoms. The van der Waals surface area contributed by atoms with Crippen molar-refractivity contribution in [1.29, 1.82) is 0 Å². The SMILES string of the molecule is O=C(c1ccc(-n2ccc(C(F)(F)F)n2)cc1)N1CCC(C2OCCO2)CC1. The fourth-order valence-electron chi connectivity index (χ4n) is 3.58. The van der Waals surface area contributed by atoms with Gasteiger partial charge in [0.2, 0.25) is 0 Å². The second-order valence-electron chi connectivity index (χ2n) is 6.93. The summed E-state index contributed by atoms with van der Waals surface area (Å²) in [6, 6.07) is 7.32. The number of amides is 1. The number of carbonyl (C=O) groups is 1. The first-order chi connectivity index (χ1) is 13.4. The van der Waals surface area contributed by atoms with E-state index in [-0.39, 0.29) is 12.2 Å². The molecule has 0 unspecified atom stereocenters. The van der Waals surface area contributed by atoms with Gasteiger partial charge in [0.1, 0.15) is 0 Å². The van der Waals surface area contributed by atoms with Crippen LogP contribution in [0.2, 0.25) is 0 Å². The summed E-state index contributed by atoms with van der Waals surface area (Å²) in [4.78, 5) is 14.5. The van der Waals surface area contributed by atoms with Crippen molar-refractivity contribution in [2.24, 2.45) is 5.92 Å². The predicted octanol–water partition coefficient (Wildman–Crippen LogP) is 3.12. The maximum Gasteiger partial charge on any atom is 0.435 e. The van der Waals surface area contributed by atoms with Crippen LogP contribution in [-0.4, -0.2) is 53.2 Å². The lowest BCUT2D eigenvalue weighted by Crippen LogP contribution is -2.41. The van der Waals surface area contributed by atoms with Crippen molar-refractivity contribution in [3.63, 3.8) is 0 Å². The summed E-state index contributed by atoms with van der Waals surface area (Å²) in [6.45, 7) is 2.50. The molecule has 0 N–H and O–H groups in total. The number of benzene rings is 1. The van der Waals surface area contributed by atoms with E-state index in [2.05, 4.69) is 5.10 Å². The zero-order chi connectivity index (χ0) is 19.7. The monoisotopic (exact) mass is 395 g/mol. The van der Waals surface area contributed by atoms with E-state index in [1.165, 1.54) is 6.20 Å². The van der Waals surface area contributed by atoms with E-state index in [0.717, 1.165) is 23.6 Å². The third kappa shape index (κ3) is 3.90. The lowest BCUT2D eigenvalue weighted by Gasteiger charge is -2.33. The van der Waals surface area contributed by atoms with Gasteiger partial charge in [-0.1, -0.05) is 0 Å². The molecule has 150 valence electrons. The number of alkyl halides is 3. The van der Waals surface area contributed by atoms with E-state index in [4.69, 9.17) is 9.47 Å². The molecule has 3 heterocycles. The van der Waals surface area contributed by atoms with Crippen LogP contribution in [0.1, 0.15) is 28.9 Å². The standard InChI is InChI=1S/C19H20F3N3O3/c20-19(21,22)16-7-10-25(23-16)15-3-1-13(2-4-15)17(26)24-8-5-14(6-9-24)18-27-11-12-28-18/h1-4,7,10,14,18H,5-6,8-9,11-12H2. The molecule has 0 radical (unpaired) electrons. The molecule has 0 atom stereocenters. The molecule has 28 heavy (non-hydrogen) atoms. The predicted molar refractivity (Wildman–Crippen MR) is 92.9 cm³/mol. The van der Waals surface area contributed by atoms with Gasteiger partial charge in [-0.2, -0.15) is 18.3 Å². The molecule has 2 fully saturated rings. The summed E-state index contributed by atoms with van der Waals surface area (Å²) in [7, 11) is 0. The van der Waals surface area contributed by atoms with Gasteiger partial charge < -0.3 is 14.4 Å². The second kappa shape index (κ2) is 7.56. The lowest BCUT2D eigenvalue weighted by molar-refractivity contribution is -0.141. The van der Waals surface area contributed by atoms with Crippen LogP contribution in [0, 0.1) is 5.92 Å². The number of halogens is 3. The number of piperidine rings is 1. The van der Waals surface area contributed by atoms with Crippen molar-refractivity contribution < 1.29 is 27.4 Å². The van der Waals surface area contributed by atoms with Crippen LogP contribution in [0.4, 0.5) is 13.2 Å². The fourth-order valence-corrected chi connectivity index (χ4v) is 3.58. The highest BCUT2D eigenvalue weighted by Crippen LogP contribution is 2.28. The minimum atomic E-state index is -4.48. The van der Waals surface area contributed by atoms with E-state index in [1.54, 1.807) is 29.2 Å². The number of nitrogens with zero attached hydrogens (tertiary/aromatic N) is 3. The molecular formula is C19H20F3N3O3. The summed E-state index contributed by atoms with van der Waals surface area (Å²) >= 11 is 0. The Kier molecular flexibility index (Phi) is 5.11. The Hall–Kier alpha value is -2.39. The summed E-state index contributed by atoms with van der Waals surface area (Å²) in [5.74, 6) is 0.214. The third-order valence-electron chi connectivity index (χ3n) is 5.12. The van der Waals surface area contributed by atoms with E-state index in [0.29, 0.717) is 43.5 Å². The molecular weight excluding hydrogens is 375 g/mol. The van der Waals surface area contributed by atoms with Crippen LogP contribution < -0.4 is 0 Å². The molecule has 0 bridgehead atoms. The highest BCUT2D eigenvalue weighted by molar-refractivity contribution is 5.94. The molecule has 0 spiro atoms. The number of carbonyl (C=O) groups excluding carboxylic acids is 1. The van der Waals surface area contributed by atoms with Gasteiger partial charge in [0, 0.05) is 30.8 Å². The van der Waals surface area contributed by atoms with E-state index >= 15 is 0 Å². The van der Waals surface area contributed by atoms with E-state index in [1.807, 2.05) is 0 Å². The first kappa shape index (κ1) is 18.9. The second-order valence-corrected chi connectivity index (χ2v) is 6.93. The molecule has 1 amide bonds. The van der Waals surface area contributed by atoms with Gasteiger partial charge in [0.15, 0.2) is 12.0 Å². The first-order valence-corrected chi connectivity index (χ1v) is 9.17. The smallest absolute Gasteiger partial charge is 0.350 e. The normalized spacial score (nSPS) is 19.3. The average molecular weight is 395 g/mol. The van der Waals surface area contributed by atoms with Gasteiger partial charge >= 0.3 is 6.18 Å². The molecule has 0 aliphatic carbocycles. The Labute approximate surface area is 159 Å². The van der Waals surface area contributed by atoms with Gasteiger partial charge in [-0.15, -0.1) is 0 Å². The van der Waals surface area contributed by atoms with Crippen molar-refractivity contribution in [3.8, 4) is 5.69 Å². The molecule has 2 saturated heterocycles. The highest BCUT2D eigenvalue weighted by Gasteiger charge is 2.34. The Bertz CT molecular complexity index is 821. The maximum absolute atomic E-state index is 12.7. The number of likely N-dealkylation sites (tertiary alicyclic amines) is 1. The van der Waals surface area contributed by atoms with Gasteiger partial charge in [-0.3, -0.25) is 4.79 Å². The van der Waals surface area contributed by atoms with Crippen molar-refractivity contribution in [2.75, 3.05) is 26.3 Å². The molecule has 2 aliphatic heterocycles. The number of hydrogen-bond donors (Lipinski definition) is 0. The quantitative estimate of drug-likeness (QED) is 0.802. The summed E-state index contributed by atoms with van der Waals surface area (Å²) in [5, 5.41) is 3.53. The Balaban J connectivity index is 1.38. The zero-order valence-electron chi connectivity index (χ0n) is 15.1. The highest BCUT2D eigenvalue weighted by atomic mass is 19.4. The molecule has 2 aromatic rings. The Morgan fingerprint density at radius 2 is 1.68 bits per heavy atom. The summed E-state index contributed by atoms with van der Waals surface area (Å²) in [5.41, 5.74) is 0.00537. The number of rotatable bonds is 3. The van der Waals surface area contributed by atoms with Crippen molar-refractivity contribution in [2.45, 2.75) is 25.3 Å². The van der Waals surface area contributed by atoms with Crippen LogP contribution in [0.5, 0.6) is 0 Å². The minimum absolute atomic E-state index is 0.0882. The van der Waals surface area contributed by atoms with Crippen LogP contribution in [0.3, 0.4) is 0 Å². The molecule has 6 nitrogen and oxygen atoms in total. The van der Waals surface area contributed by atoms with Crippen LogP contribution in [-0.2, 0) is 15.7 Å². The van der Waals surface area contributed by atoms with E-state index in [9.17, 15) is 18.0 Å². The first-order valence-electron chi connectivity index (χ1n) is 9.17. The van der Waals surface area contributed by atoms with Crippen LogP contribution in [0.25, 0.3) is 5.69 Å². The van der Waals surface area contributed by atoms with Crippen LogP contribution >= 0.6 is 0 Å². The van der Waals surface area contributed by atoms with Crippen molar-refractivity contribution >= 4 is 5.91 Å². The van der Waals surface area contributed by atoms with Gasteiger partial charge in [0.25, 0.3) is 5.91 Å². The topological polar surface area (TPSA) is 56.6 Å². The fraction of sp³-hybridized carbons (Fsp3) is 0.474. The number of hydrogen-bond acceptors (Lipinski definition) is 4. The Morgan fingerprint density at radius 3 is 2.25 bits per heavy atom. The molecule has 4 rings (SSSR count). The average Bonchev–Trinajstić information content (AvgIpc) is 3.39. The van der Waals surface area contributed by atoms with Gasteiger partial charge in [-0.05, 0) is 43.2 Å². The zero-order valence-corrected chi connectivity index (χ0v) is 15.1. The number of ether oxygens (including phenoxy) is 2. The van der Waals surface area contributed by atoms with Crippen molar-refractivity contribution in [3.05, 3.63) is 47.8 Å². The molecule has 2 aliphatic rings. The summed E-state index contributed by atoms with van der Waals surface area (Å²) in [6.07, 6.45) is -1.75. The number of aromatic nitrogens is 2. The largest absolute Gasteiger partial charge is 0.435 e. The molecule has 1 aromatic carbocycles. The van der Waals surface area contributed by atoms with E-state index < -0.39 is 11.9 Å². The Morgan fingerprint density at radius 1 is 1.04 bits per heavy atom. The molecule has 1 aromatic heterocycles. The maximum atomic E-state index is 12.7.